The van der Waals surface area contributed by atoms with Crippen LogP contribution >= 0.6 is 0 Å². The highest BCUT2D eigenvalue weighted by Crippen LogP contribution is 2.23. The van der Waals surface area contributed by atoms with E-state index in [4.69, 9.17) is 10.8 Å². The normalized spacial score (nSPS) is 12.3. The van der Waals surface area contributed by atoms with Gasteiger partial charge in [-0.15, -0.1) is 12.3 Å². The number of nitrogens with one attached hydrogen (secondary N) is 2. The minimum atomic E-state index is 0.288. The lowest BCUT2D eigenvalue weighted by Gasteiger charge is -2.10. The Morgan fingerprint density at radius 1 is 1.56 bits per heavy atom. The van der Waals surface area contributed by atoms with Crippen molar-refractivity contribution < 1.29 is 4.42 Å². The Kier molecular flexibility index (Phi) is 3.85. The number of hydrogen-bond donors (Lipinski definition) is 2. The number of nitrogens with zero attached hydrogens (tertiary/aromatic N) is 1. The zero-order chi connectivity index (χ0) is 13.0. The highest BCUT2D eigenvalue weighted by molar-refractivity contribution is 5.56. The van der Waals surface area contributed by atoms with E-state index in [0.29, 0.717) is 13.0 Å². The molecular weight excluding hydrogens is 226 g/mol. The molecule has 1 atom stereocenters. The van der Waals surface area contributed by atoms with Crippen molar-refractivity contribution in [2.24, 2.45) is 0 Å². The summed E-state index contributed by atoms with van der Waals surface area (Å²) in [5, 5.41) is 10.4. The summed E-state index contributed by atoms with van der Waals surface area (Å²) in [5.74, 6) is 4.34. The molecule has 0 aliphatic carbocycles. The molecule has 2 N–H and O–H groups in total. The van der Waals surface area contributed by atoms with Gasteiger partial charge in [0.2, 0.25) is 0 Å². The van der Waals surface area contributed by atoms with E-state index in [0.717, 1.165) is 22.8 Å². The maximum absolute atomic E-state index is 5.59. The van der Waals surface area contributed by atoms with E-state index in [-0.39, 0.29) is 6.04 Å². The summed E-state index contributed by atoms with van der Waals surface area (Å²) in [6.45, 7) is 4.71. The molecule has 1 unspecified atom stereocenters. The Hall–Kier alpha value is -1.99. The Bertz CT molecular complexity index is 547. The number of H-pyrrole nitrogens is 1. The van der Waals surface area contributed by atoms with Crippen molar-refractivity contribution in [2.75, 3.05) is 0 Å². The first kappa shape index (κ1) is 12.5. The van der Waals surface area contributed by atoms with Crippen LogP contribution < -0.4 is 5.32 Å². The summed E-state index contributed by atoms with van der Waals surface area (Å²) in [6, 6.07) is 4.17. The summed E-state index contributed by atoms with van der Waals surface area (Å²) in [6.07, 6.45) is 7.80. The maximum atomic E-state index is 5.59. The summed E-state index contributed by atoms with van der Waals surface area (Å²) in [4.78, 5) is 0. The molecule has 0 aromatic carbocycles. The zero-order valence-corrected chi connectivity index (χ0v) is 10.7. The summed E-state index contributed by atoms with van der Waals surface area (Å²) >= 11 is 0. The summed E-state index contributed by atoms with van der Waals surface area (Å²) in [7, 11) is 0. The molecule has 0 saturated heterocycles. The van der Waals surface area contributed by atoms with Crippen LogP contribution in [0.4, 0.5) is 0 Å². The molecule has 0 radical (unpaired) electrons. The molecule has 2 aromatic rings. The van der Waals surface area contributed by atoms with E-state index in [2.05, 4.69) is 28.4 Å². The SMILES string of the molecule is C#CCC(C)NCc1cn[nH]c1-c1ccc(C)o1. The van der Waals surface area contributed by atoms with Crippen molar-refractivity contribution in [3.05, 3.63) is 29.7 Å². The molecule has 0 fully saturated rings. The quantitative estimate of drug-likeness (QED) is 0.793. The molecular formula is C14H17N3O. The number of aromatic amines is 1. The Balaban J connectivity index is 2.07. The third-order valence-electron chi connectivity index (χ3n) is 2.77. The Labute approximate surface area is 107 Å². The molecule has 0 spiro atoms. The van der Waals surface area contributed by atoms with Crippen molar-refractivity contribution >= 4 is 0 Å². The van der Waals surface area contributed by atoms with Gasteiger partial charge in [0.25, 0.3) is 0 Å². The fraction of sp³-hybridized carbons (Fsp3) is 0.357. The van der Waals surface area contributed by atoms with Crippen LogP contribution in [-0.4, -0.2) is 16.2 Å². The molecule has 4 heteroatoms. The average Bonchev–Trinajstić information content (AvgIpc) is 2.95. The standard InChI is InChI=1S/C14H17N3O/c1-4-5-10(2)15-8-12-9-16-17-14(12)13-7-6-11(3)18-13/h1,6-7,9-10,15H,5,8H2,2-3H3,(H,16,17). The first-order valence-corrected chi connectivity index (χ1v) is 5.96. The van der Waals surface area contributed by atoms with Crippen molar-refractivity contribution in [1.82, 2.24) is 15.5 Å². The number of aryl methyl sites for hydroxylation is 1. The van der Waals surface area contributed by atoms with E-state index < -0.39 is 0 Å². The van der Waals surface area contributed by atoms with Crippen LogP contribution in [0.5, 0.6) is 0 Å². The highest BCUT2D eigenvalue weighted by atomic mass is 16.3. The molecule has 0 aliphatic rings. The lowest BCUT2D eigenvalue weighted by atomic mass is 10.2. The van der Waals surface area contributed by atoms with Gasteiger partial charge in [0.1, 0.15) is 11.5 Å². The van der Waals surface area contributed by atoms with Gasteiger partial charge in [-0.2, -0.15) is 5.10 Å². The highest BCUT2D eigenvalue weighted by Gasteiger charge is 2.11. The first-order chi connectivity index (χ1) is 8.70. The fourth-order valence-electron chi connectivity index (χ4n) is 1.76. The monoisotopic (exact) mass is 243 g/mol. The van der Waals surface area contributed by atoms with E-state index in [1.807, 2.05) is 25.3 Å². The van der Waals surface area contributed by atoms with Gasteiger partial charge < -0.3 is 9.73 Å². The molecule has 18 heavy (non-hydrogen) atoms. The third-order valence-corrected chi connectivity index (χ3v) is 2.77. The second-order valence-corrected chi connectivity index (χ2v) is 4.37. The van der Waals surface area contributed by atoms with Gasteiger partial charge in [-0.3, -0.25) is 5.10 Å². The molecule has 0 amide bonds. The van der Waals surface area contributed by atoms with Crippen LogP contribution in [0.3, 0.4) is 0 Å². The van der Waals surface area contributed by atoms with Crippen LogP contribution in [0.15, 0.2) is 22.7 Å². The molecule has 0 aliphatic heterocycles. The molecule has 2 heterocycles. The van der Waals surface area contributed by atoms with E-state index in [9.17, 15) is 0 Å². The second-order valence-electron chi connectivity index (χ2n) is 4.37. The lowest BCUT2D eigenvalue weighted by Crippen LogP contribution is -2.24. The van der Waals surface area contributed by atoms with Gasteiger partial charge >= 0.3 is 0 Å². The Morgan fingerprint density at radius 3 is 3.06 bits per heavy atom. The fourth-order valence-corrected chi connectivity index (χ4v) is 1.76. The number of furan rings is 1. The van der Waals surface area contributed by atoms with Crippen molar-refractivity contribution in [1.29, 1.82) is 0 Å². The lowest BCUT2D eigenvalue weighted by molar-refractivity contribution is 0.540. The van der Waals surface area contributed by atoms with Gasteiger partial charge in [0, 0.05) is 24.6 Å². The van der Waals surface area contributed by atoms with Gasteiger partial charge in [-0.1, -0.05) is 0 Å². The minimum Gasteiger partial charge on any atom is -0.460 e. The number of hydrogen-bond acceptors (Lipinski definition) is 3. The van der Waals surface area contributed by atoms with Crippen molar-refractivity contribution in [3.8, 4) is 23.8 Å². The maximum Gasteiger partial charge on any atom is 0.152 e. The minimum absolute atomic E-state index is 0.288. The molecule has 0 saturated carbocycles. The Morgan fingerprint density at radius 2 is 2.39 bits per heavy atom. The van der Waals surface area contributed by atoms with Crippen LogP contribution in [0, 0.1) is 19.3 Å². The molecule has 94 valence electrons. The second kappa shape index (κ2) is 5.56. The largest absolute Gasteiger partial charge is 0.460 e. The third kappa shape index (κ3) is 2.82. The average molecular weight is 243 g/mol. The van der Waals surface area contributed by atoms with Gasteiger partial charge in [0.05, 0.1) is 6.20 Å². The van der Waals surface area contributed by atoms with Crippen LogP contribution in [0.2, 0.25) is 0 Å². The van der Waals surface area contributed by atoms with Crippen molar-refractivity contribution in [2.45, 2.75) is 32.9 Å². The van der Waals surface area contributed by atoms with Gasteiger partial charge in [-0.05, 0) is 26.0 Å². The van der Waals surface area contributed by atoms with Gasteiger partial charge in [-0.25, -0.2) is 0 Å². The predicted octanol–water partition coefficient (Wildman–Crippen LogP) is 2.48. The number of terminal acetylenes is 1. The molecule has 0 bridgehead atoms. The number of rotatable bonds is 5. The van der Waals surface area contributed by atoms with E-state index in [1.54, 1.807) is 0 Å². The molecule has 4 nitrogen and oxygen atoms in total. The predicted molar refractivity (Wildman–Crippen MR) is 70.8 cm³/mol. The summed E-state index contributed by atoms with van der Waals surface area (Å²) < 4.78 is 5.59. The zero-order valence-electron chi connectivity index (χ0n) is 10.7. The molecule has 2 aromatic heterocycles. The number of aromatic nitrogens is 2. The van der Waals surface area contributed by atoms with Crippen molar-refractivity contribution in [3.63, 3.8) is 0 Å². The van der Waals surface area contributed by atoms with E-state index >= 15 is 0 Å². The van der Waals surface area contributed by atoms with Crippen LogP contribution in [0.1, 0.15) is 24.7 Å². The van der Waals surface area contributed by atoms with Crippen LogP contribution in [-0.2, 0) is 6.54 Å². The topological polar surface area (TPSA) is 53.9 Å². The summed E-state index contributed by atoms with van der Waals surface area (Å²) in [5.41, 5.74) is 2.00. The van der Waals surface area contributed by atoms with Crippen LogP contribution in [0.25, 0.3) is 11.5 Å². The molecule has 2 rings (SSSR count). The van der Waals surface area contributed by atoms with E-state index in [1.165, 1.54) is 0 Å². The smallest absolute Gasteiger partial charge is 0.152 e. The van der Waals surface area contributed by atoms with Gasteiger partial charge in [0.15, 0.2) is 5.76 Å². The first-order valence-electron chi connectivity index (χ1n) is 5.96.